The van der Waals surface area contributed by atoms with Crippen molar-refractivity contribution < 1.29 is 8.42 Å². The molecular formula is C14H20ClNO2S. The molecule has 2 rings (SSSR count). The quantitative estimate of drug-likeness (QED) is 0.784. The molecule has 19 heavy (non-hydrogen) atoms. The molecule has 0 spiro atoms. The standard InChI is InChI=1S/C14H20ClNO2S/c1-10-4-7-14(8-13(10)9-15)19(17,18)16(3)11(2)12-5-6-12/h4,7-8,11-12H,5-6,9H2,1-3H3. The lowest BCUT2D eigenvalue weighted by atomic mass is 10.1. The van der Waals surface area contributed by atoms with Gasteiger partial charge in [0, 0.05) is 19.0 Å². The van der Waals surface area contributed by atoms with E-state index in [-0.39, 0.29) is 6.04 Å². The van der Waals surface area contributed by atoms with Crippen LogP contribution >= 0.6 is 11.6 Å². The molecule has 1 aliphatic carbocycles. The van der Waals surface area contributed by atoms with E-state index in [4.69, 9.17) is 11.6 Å². The lowest BCUT2D eigenvalue weighted by Gasteiger charge is -2.24. The van der Waals surface area contributed by atoms with Crippen LogP contribution in [0.25, 0.3) is 0 Å². The number of hydrogen-bond donors (Lipinski definition) is 0. The van der Waals surface area contributed by atoms with Crippen molar-refractivity contribution in [2.45, 2.75) is 43.5 Å². The number of benzene rings is 1. The van der Waals surface area contributed by atoms with Crippen LogP contribution in [-0.4, -0.2) is 25.8 Å². The maximum Gasteiger partial charge on any atom is 0.243 e. The third-order valence-corrected chi connectivity index (χ3v) is 6.25. The van der Waals surface area contributed by atoms with Gasteiger partial charge in [-0.3, -0.25) is 0 Å². The first kappa shape index (κ1) is 14.8. The molecule has 0 amide bonds. The molecule has 0 heterocycles. The fourth-order valence-electron chi connectivity index (χ4n) is 2.21. The molecule has 0 aromatic heterocycles. The van der Waals surface area contributed by atoms with Crippen LogP contribution in [-0.2, 0) is 15.9 Å². The molecule has 0 saturated heterocycles. The fourth-order valence-corrected chi connectivity index (χ4v) is 3.97. The Morgan fingerprint density at radius 2 is 2.05 bits per heavy atom. The smallest absolute Gasteiger partial charge is 0.207 e. The molecule has 0 aliphatic heterocycles. The summed E-state index contributed by atoms with van der Waals surface area (Å²) in [4.78, 5) is 0.337. The van der Waals surface area contributed by atoms with Crippen molar-refractivity contribution in [2.75, 3.05) is 7.05 Å². The Labute approximate surface area is 120 Å². The normalized spacial score (nSPS) is 17.7. The molecule has 1 atom stereocenters. The Morgan fingerprint density at radius 1 is 1.42 bits per heavy atom. The summed E-state index contributed by atoms with van der Waals surface area (Å²) in [5.74, 6) is 0.842. The van der Waals surface area contributed by atoms with Crippen molar-refractivity contribution >= 4 is 21.6 Å². The lowest BCUT2D eigenvalue weighted by Crippen LogP contribution is -2.36. The van der Waals surface area contributed by atoms with Crippen LogP contribution in [0, 0.1) is 12.8 Å². The second-order valence-corrected chi connectivity index (χ2v) is 7.59. The predicted molar refractivity (Wildman–Crippen MR) is 77.9 cm³/mol. The Bertz CT molecular complexity index is 567. The average Bonchev–Trinajstić information content (AvgIpc) is 3.21. The molecule has 5 heteroatoms. The molecule has 0 N–H and O–H groups in total. The van der Waals surface area contributed by atoms with Gasteiger partial charge in [0.1, 0.15) is 0 Å². The third kappa shape index (κ3) is 2.96. The number of nitrogens with zero attached hydrogens (tertiary/aromatic N) is 1. The second kappa shape index (κ2) is 5.43. The lowest BCUT2D eigenvalue weighted by molar-refractivity contribution is 0.357. The fraction of sp³-hybridized carbons (Fsp3) is 0.571. The molecule has 0 bridgehead atoms. The Balaban J connectivity index is 2.33. The number of alkyl halides is 1. The average molecular weight is 302 g/mol. The highest BCUT2D eigenvalue weighted by molar-refractivity contribution is 7.89. The second-order valence-electron chi connectivity index (χ2n) is 5.32. The van der Waals surface area contributed by atoms with E-state index in [1.807, 2.05) is 19.9 Å². The van der Waals surface area contributed by atoms with E-state index in [1.165, 1.54) is 4.31 Å². The van der Waals surface area contributed by atoms with Crippen LogP contribution in [0.2, 0.25) is 0 Å². The first-order valence-electron chi connectivity index (χ1n) is 6.51. The number of halogens is 1. The van der Waals surface area contributed by atoms with E-state index in [2.05, 4.69) is 0 Å². The maximum atomic E-state index is 12.6. The van der Waals surface area contributed by atoms with Crippen molar-refractivity contribution in [1.29, 1.82) is 0 Å². The molecule has 1 unspecified atom stereocenters. The summed E-state index contributed by atoms with van der Waals surface area (Å²) in [6.45, 7) is 3.91. The first-order valence-corrected chi connectivity index (χ1v) is 8.49. The van der Waals surface area contributed by atoms with Crippen LogP contribution < -0.4 is 0 Å². The third-order valence-electron chi connectivity index (χ3n) is 4.02. The van der Waals surface area contributed by atoms with Gasteiger partial charge < -0.3 is 0 Å². The monoisotopic (exact) mass is 301 g/mol. The van der Waals surface area contributed by atoms with Gasteiger partial charge in [-0.25, -0.2) is 8.42 Å². The van der Waals surface area contributed by atoms with Crippen LogP contribution in [0.15, 0.2) is 23.1 Å². The van der Waals surface area contributed by atoms with E-state index in [9.17, 15) is 8.42 Å². The number of hydrogen-bond acceptors (Lipinski definition) is 2. The van der Waals surface area contributed by atoms with Gasteiger partial charge in [0.25, 0.3) is 0 Å². The van der Waals surface area contributed by atoms with Crippen molar-refractivity contribution in [3.05, 3.63) is 29.3 Å². The van der Waals surface area contributed by atoms with E-state index >= 15 is 0 Å². The summed E-state index contributed by atoms with van der Waals surface area (Å²) < 4.78 is 26.6. The minimum Gasteiger partial charge on any atom is -0.207 e. The van der Waals surface area contributed by atoms with Gasteiger partial charge in [-0.2, -0.15) is 4.31 Å². The first-order chi connectivity index (χ1) is 8.87. The largest absolute Gasteiger partial charge is 0.243 e. The summed E-state index contributed by atoms with van der Waals surface area (Å²) in [7, 11) is -1.75. The van der Waals surface area contributed by atoms with Crippen LogP contribution in [0.3, 0.4) is 0 Å². The minimum absolute atomic E-state index is 0.0609. The molecule has 1 saturated carbocycles. The Morgan fingerprint density at radius 3 is 2.58 bits per heavy atom. The van der Waals surface area contributed by atoms with Gasteiger partial charge in [0.15, 0.2) is 0 Å². The zero-order chi connectivity index (χ0) is 14.2. The summed E-state index contributed by atoms with van der Waals surface area (Å²) in [5, 5.41) is 0. The van der Waals surface area contributed by atoms with E-state index in [0.717, 1.165) is 24.0 Å². The van der Waals surface area contributed by atoms with E-state index in [0.29, 0.717) is 16.7 Å². The van der Waals surface area contributed by atoms with Gasteiger partial charge in [0.05, 0.1) is 4.90 Å². The van der Waals surface area contributed by atoms with Gasteiger partial charge in [0.2, 0.25) is 10.0 Å². The molecule has 106 valence electrons. The van der Waals surface area contributed by atoms with Crippen molar-refractivity contribution in [1.82, 2.24) is 4.31 Å². The summed E-state index contributed by atoms with van der Waals surface area (Å²) in [6, 6.07) is 5.23. The summed E-state index contributed by atoms with van der Waals surface area (Å²) in [5.41, 5.74) is 1.89. The highest BCUT2D eigenvalue weighted by atomic mass is 35.5. The van der Waals surface area contributed by atoms with Gasteiger partial charge >= 0.3 is 0 Å². The van der Waals surface area contributed by atoms with E-state index in [1.54, 1.807) is 19.2 Å². The molecule has 3 nitrogen and oxygen atoms in total. The van der Waals surface area contributed by atoms with Crippen molar-refractivity contribution in [3.8, 4) is 0 Å². The van der Waals surface area contributed by atoms with E-state index < -0.39 is 10.0 Å². The van der Waals surface area contributed by atoms with Crippen LogP contribution in [0.5, 0.6) is 0 Å². The molecule has 1 aromatic carbocycles. The van der Waals surface area contributed by atoms with Gasteiger partial charge in [-0.05, 0) is 55.9 Å². The zero-order valence-electron chi connectivity index (χ0n) is 11.6. The van der Waals surface area contributed by atoms with Crippen molar-refractivity contribution in [2.24, 2.45) is 5.92 Å². The van der Waals surface area contributed by atoms with Crippen LogP contribution in [0.1, 0.15) is 30.9 Å². The minimum atomic E-state index is -3.42. The number of rotatable bonds is 5. The van der Waals surface area contributed by atoms with Crippen molar-refractivity contribution in [3.63, 3.8) is 0 Å². The molecule has 1 aliphatic rings. The predicted octanol–water partition coefficient (Wildman–Crippen LogP) is 3.15. The number of aryl methyl sites for hydroxylation is 1. The number of sulfonamides is 1. The van der Waals surface area contributed by atoms with Gasteiger partial charge in [-0.15, -0.1) is 11.6 Å². The zero-order valence-corrected chi connectivity index (χ0v) is 13.1. The Hall–Kier alpha value is -0.580. The summed E-state index contributed by atoms with van der Waals surface area (Å²) in [6.07, 6.45) is 2.25. The molecular weight excluding hydrogens is 282 g/mol. The highest BCUT2D eigenvalue weighted by Crippen LogP contribution is 2.36. The maximum absolute atomic E-state index is 12.6. The molecule has 1 fully saturated rings. The highest BCUT2D eigenvalue weighted by Gasteiger charge is 2.36. The molecule has 0 radical (unpaired) electrons. The SMILES string of the molecule is Cc1ccc(S(=O)(=O)N(C)C(C)C2CC2)cc1CCl. The van der Waals surface area contributed by atoms with Gasteiger partial charge in [-0.1, -0.05) is 6.07 Å². The topological polar surface area (TPSA) is 37.4 Å². The Kier molecular flexibility index (Phi) is 4.23. The molecule has 1 aromatic rings. The summed E-state index contributed by atoms with van der Waals surface area (Å²) >= 11 is 5.85. The van der Waals surface area contributed by atoms with Crippen LogP contribution in [0.4, 0.5) is 0 Å².